The molecule has 2 aromatic rings. The zero-order chi connectivity index (χ0) is 21.9. The van der Waals surface area contributed by atoms with Crippen LogP contribution in [0.15, 0.2) is 41.3 Å². The Hall–Kier alpha value is -2.38. The van der Waals surface area contributed by atoms with Crippen LogP contribution in [-0.2, 0) is 21.2 Å². The number of nitrogens with one attached hydrogen (secondary N) is 1. The fourth-order valence-electron chi connectivity index (χ4n) is 3.93. The molecule has 0 radical (unpaired) electrons. The Balaban J connectivity index is 1.82. The Labute approximate surface area is 179 Å². The number of sulfonamides is 1. The molecule has 1 unspecified atom stereocenters. The SMILES string of the molecule is CCc1cccc(C)c1NC(=O)C1CCCN(S(=O)(=O)c2cc(C)ccc2OC)C1. The number of rotatable bonds is 6. The van der Waals surface area contributed by atoms with Gasteiger partial charge in [0.25, 0.3) is 0 Å². The molecule has 0 spiro atoms. The molecule has 1 atom stereocenters. The second-order valence-corrected chi connectivity index (χ2v) is 9.71. The monoisotopic (exact) mass is 430 g/mol. The van der Waals surface area contributed by atoms with Gasteiger partial charge < -0.3 is 10.1 Å². The maximum atomic E-state index is 13.3. The number of amides is 1. The molecule has 1 aliphatic rings. The van der Waals surface area contributed by atoms with E-state index in [2.05, 4.69) is 12.2 Å². The molecule has 162 valence electrons. The van der Waals surface area contributed by atoms with Crippen LogP contribution >= 0.6 is 0 Å². The topological polar surface area (TPSA) is 75.7 Å². The van der Waals surface area contributed by atoms with Gasteiger partial charge in [-0.15, -0.1) is 0 Å². The van der Waals surface area contributed by atoms with Crippen molar-refractivity contribution < 1.29 is 17.9 Å². The molecule has 3 rings (SSSR count). The van der Waals surface area contributed by atoms with E-state index in [1.165, 1.54) is 11.4 Å². The number of nitrogens with zero attached hydrogens (tertiary/aromatic N) is 1. The van der Waals surface area contributed by atoms with Gasteiger partial charge in [-0.3, -0.25) is 4.79 Å². The molecule has 1 heterocycles. The molecule has 30 heavy (non-hydrogen) atoms. The largest absolute Gasteiger partial charge is 0.495 e. The molecule has 7 heteroatoms. The lowest BCUT2D eigenvalue weighted by molar-refractivity contribution is -0.120. The van der Waals surface area contributed by atoms with E-state index in [-0.39, 0.29) is 17.3 Å². The van der Waals surface area contributed by atoms with Crippen molar-refractivity contribution >= 4 is 21.6 Å². The summed E-state index contributed by atoms with van der Waals surface area (Å²) in [6.45, 7) is 6.43. The lowest BCUT2D eigenvalue weighted by atomic mass is 9.98. The molecule has 1 saturated heterocycles. The van der Waals surface area contributed by atoms with E-state index in [4.69, 9.17) is 4.74 Å². The van der Waals surface area contributed by atoms with Gasteiger partial charge in [-0.2, -0.15) is 4.31 Å². The van der Waals surface area contributed by atoms with E-state index in [1.807, 2.05) is 38.1 Å². The van der Waals surface area contributed by atoms with Gasteiger partial charge in [-0.25, -0.2) is 8.42 Å². The van der Waals surface area contributed by atoms with Crippen LogP contribution in [-0.4, -0.2) is 38.8 Å². The van der Waals surface area contributed by atoms with E-state index in [0.29, 0.717) is 25.1 Å². The number of anilines is 1. The average molecular weight is 431 g/mol. The normalized spacial score (nSPS) is 17.5. The molecule has 0 saturated carbocycles. The first kappa shape index (κ1) is 22.3. The maximum absolute atomic E-state index is 13.3. The van der Waals surface area contributed by atoms with Crippen molar-refractivity contribution in [3.05, 3.63) is 53.1 Å². The lowest BCUT2D eigenvalue weighted by Crippen LogP contribution is -2.43. The van der Waals surface area contributed by atoms with Crippen LogP contribution in [0.3, 0.4) is 0 Å². The smallest absolute Gasteiger partial charge is 0.246 e. The van der Waals surface area contributed by atoms with Crippen LogP contribution in [0.2, 0.25) is 0 Å². The number of carbonyl (C=O) groups is 1. The Bertz CT molecular complexity index is 1030. The van der Waals surface area contributed by atoms with E-state index >= 15 is 0 Å². The first-order chi connectivity index (χ1) is 14.3. The number of piperidine rings is 1. The van der Waals surface area contributed by atoms with Crippen molar-refractivity contribution in [3.8, 4) is 5.75 Å². The summed E-state index contributed by atoms with van der Waals surface area (Å²) in [7, 11) is -2.30. The summed E-state index contributed by atoms with van der Waals surface area (Å²) < 4.78 is 33.3. The Morgan fingerprint density at radius 3 is 2.70 bits per heavy atom. The van der Waals surface area contributed by atoms with Crippen molar-refractivity contribution in [1.29, 1.82) is 0 Å². The quantitative estimate of drug-likeness (QED) is 0.754. The highest BCUT2D eigenvalue weighted by Crippen LogP contribution is 2.31. The van der Waals surface area contributed by atoms with Crippen molar-refractivity contribution in [2.75, 3.05) is 25.5 Å². The Morgan fingerprint density at radius 1 is 1.23 bits per heavy atom. The predicted octanol–water partition coefficient (Wildman–Crippen LogP) is 3.91. The molecule has 2 aromatic carbocycles. The molecular formula is C23H30N2O4S. The van der Waals surface area contributed by atoms with E-state index in [9.17, 15) is 13.2 Å². The van der Waals surface area contributed by atoms with Crippen LogP contribution in [0.4, 0.5) is 5.69 Å². The summed E-state index contributed by atoms with van der Waals surface area (Å²) >= 11 is 0. The van der Waals surface area contributed by atoms with Gasteiger partial charge in [-0.05, 0) is 61.9 Å². The van der Waals surface area contributed by atoms with Gasteiger partial charge in [-0.1, -0.05) is 31.2 Å². The molecule has 0 aliphatic carbocycles. The summed E-state index contributed by atoms with van der Waals surface area (Å²) in [4.78, 5) is 13.2. The number of hydrogen-bond donors (Lipinski definition) is 1. The molecule has 1 N–H and O–H groups in total. The van der Waals surface area contributed by atoms with Gasteiger partial charge in [0, 0.05) is 18.8 Å². The first-order valence-electron chi connectivity index (χ1n) is 10.3. The summed E-state index contributed by atoms with van der Waals surface area (Å²) in [5, 5.41) is 3.06. The van der Waals surface area contributed by atoms with E-state index in [1.54, 1.807) is 12.1 Å². The van der Waals surface area contributed by atoms with Crippen LogP contribution in [0.1, 0.15) is 36.5 Å². The minimum absolute atomic E-state index is 0.130. The number of benzene rings is 2. The second-order valence-electron chi connectivity index (χ2n) is 7.81. The van der Waals surface area contributed by atoms with Crippen LogP contribution in [0, 0.1) is 19.8 Å². The highest BCUT2D eigenvalue weighted by molar-refractivity contribution is 7.89. The van der Waals surface area contributed by atoms with Crippen LogP contribution in [0.5, 0.6) is 5.75 Å². The van der Waals surface area contributed by atoms with Gasteiger partial charge in [0.15, 0.2) is 0 Å². The number of ether oxygens (including phenoxy) is 1. The molecular weight excluding hydrogens is 400 g/mol. The Kier molecular flexibility index (Phi) is 6.83. The minimum atomic E-state index is -3.76. The summed E-state index contributed by atoms with van der Waals surface area (Å²) in [5.41, 5.74) is 3.76. The Morgan fingerprint density at radius 2 is 2.00 bits per heavy atom. The summed E-state index contributed by atoms with van der Waals surface area (Å²) in [5.74, 6) is -0.205. The fraction of sp³-hybridized carbons (Fsp3) is 0.435. The predicted molar refractivity (Wildman–Crippen MR) is 118 cm³/mol. The summed E-state index contributed by atoms with van der Waals surface area (Å²) in [6.07, 6.45) is 2.12. The fourth-order valence-corrected chi connectivity index (χ4v) is 5.69. The number of aryl methyl sites for hydroxylation is 3. The molecule has 0 bridgehead atoms. The van der Waals surface area contributed by atoms with Gasteiger partial charge in [0.2, 0.25) is 15.9 Å². The van der Waals surface area contributed by atoms with Gasteiger partial charge >= 0.3 is 0 Å². The average Bonchev–Trinajstić information content (AvgIpc) is 2.75. The van der Waals surface area contributed by atoms with Gasteiger partial charge in [0.1, 0.15) is 10.6 Å². The lowest BCUT2D eigenvalue weighted by Gasteiger charge is -2.32. The zero-order valence-electron chi connectivity index (χ0n) is 18.1. The van der Waals surface area contributed by atoms with Crippen molar-refractivity contribution in [3.63, 3.8) is 0 Å². The van der Waals surface area contributed by atoms with E-state index < -0.39 is 15.9 Å². The van der Waals surface area contributed by atoms with Crippen molar-refractivity contribution in [2.45, 2.75) is 44.9 Å². The third kappa shape index (κ3) is 4.52. The maximum Gasteiger partial charge on any atom is 0.246 e. The molecule has 6 nitrogen and oxygen atoms in total. The van der Waals surface area contributed by atoms with Gasteiger partial charge in [0.05, 0.1) is 13.0 Å². The molecule has 0 aromatic heterocycles. The highest BCUT2D eigenvalue weighted by Gasteiger charge is 2.35. The number of methoxy groups -OCH3 is 1. The first-order valence-corrected chi connectivity index (χ1v) is 11.8. The van der Waals surface area contributed by atoms with Crippen molar-refractivity contribution in [1.82, 2.24) is 4.31 Å². The third-order valence-corrected chi connectivity index (χ3v) is 7.57. The minimum Gasteiger partial charge on any atom is -0.495 e. The number of carbonyl (C=O) groups excluding carboxylic acids is 1. The van der Waals surface area contributed by atoms with Crippen LogP contribution in [0.25, 0.3) is 0 Å². The van der Waals surface area contributed by atoms with Crippen LogP contribution < -0.4 is 10.1 Å². The molecule has 1 aliphatic heterocycles. The third-order valence-electron chi connectivity index (χ3n) is 5.68. The standard InChI is InChI=1S/C23H30N2O4S/c1-5-18-9-6-8-17(3)22(18)24-23(26)19-10-7-13-25(15-19)30(27,28)21-14-16(2)11-12-20(21)29-4/h6,8-9,11-12,14,19H,5,7,10,13,15H2,1-4H3,(H,24,26). The second kappa shape index (κ2) is 9.18. The highest BCUT2D eigenvalue weighted by atomic mass is 32.2. The van der Waals surface area contributed by atoms with Crippen molar-refractivity contribution in [2.24, 2.45) is 5.92 Å². The number of hydrogen-bond acceptors (Lipinski definition) is 4. The molecule has 1 amide bonds. The summed E-state index contributed by atoms with van der Waals surface area (Å²) in [6, 6.07) is 11.1. The zero-order valence-corrected chi connectivity index (χ0v) is 18.9. The number of para-hydroxylation sites is 1. The van der Waals surface area contributed by atoms with E-state index in [0.717, 1.165) is 28.8 Å². The molecule has 1 fully saturated rings.